The van der Waals surface area contributed by atoms with Gasteiger partial charge in [-0.1, -0.05) is 48.9 Å². The standard InChI is InChI=1S/C16H22N6OS2/c1-3-9-22-14(11-7-5-6-8-11)19-21-16(22)24-10-12(23)17-15-20-18-13(4-2)25-15/h3,11H,1,4-10H2,2H3,(H,17,20,23). The van der Waals surface area contributed by atoms with Crippen LogP contribution in [-0.2, 0) is 17.8 Å². The van der Waals surface area contributed by atoms with Gasteiger partial charge in [-0.2, -0.15) is 0 Å². The highest BCUT2D eigenvalue weighted by Crippen LogP contribution is 2.34. The number of thioether (sulfide) groups is 1. The highest BCUT2D eigenvalue weighted by atomic mass is 32.2. The van der Waals surface area contributed by atoms with Gasteiger partial charge in [0.25, 0.3) is 0 Å². The average molecular weight is 379 g/mol. The Balaban J connectivity index is 1.61. The maximum Gasteiger partial charge on any atom is 0.236 e. The zero-order valence-corrected chi connectivity index (χ0v) is 15.9. The number of carbonyl (C=O) groups excluding carboxylic acids is 1. The molecule has 7 nitrogen and oxygen atoms in total. The monoisotopic (exact) mass is 378 g/mol. The van der Waals surface area contributed by atoms with Gasteiger partial charge in [0.2, 0.25) is 11.0 Å². The molecule has 2 aromatic rings. The predicted octanol–water partition coefficient (Wildman–Crippen LogP) is 3.27. The van der Waals surface area contributed by atoms with E-state index in [4.69, 9.17) is 0 Å². The highest BCUT2D eigenvalue weighted by molar-refractivity contribution is 7.99. The third-order valence-corrected chi connectivity index (χ3v) is 6.08. The lowest BCUT2D eigenvalue weighted by Crippen LogP contribution is -2.15. The SMILES string of the molecule is C=CCn1c(SCC(=O)Nc2nnc(CC)s2)nnc1C1CCCC1. The van der Waals surface area contributed by atoms with E-state index in [1.165, 1.54) is 35.9 Å². The number of rotatable bonds is 8. The Labute approximate surface area is 155 Å². The van der Waals surface area contributed by atoms with Crippen LogP contribution in [0.3, 0.4) is 0 Å². The number of nitrogens with one attached hydrogen (secondary N) is 1. The average Bonchev–Trinajstić information content (AvgIpc) is 3.34. The molecule has 0 aliphatic heterocycles. The number of anilines is 1. The van der Waals surface area contributed by atoms with E-state index in [1.54, 1.807) is 0 Å². The number of carbonyl (C=O) groups is 1. The number of hydrogen-bond acceptors (Lipinski definition) is 7. The Morgan fingerprint density at radius 3 is 2.84 bits per heavy atom. The van der Waals surface area contributed by atoms with Crippen LogP contribution in [0.15, 0.2) is 17.8 Å². The molecule has 134 valence electrons. The van der Waals surface area contributed by atoms with E-state index in [0.29, 0.717) is 17.6 Å². The van der Waals surface area contributed by atoms with Crippen molar-refractivity contribution in [3.05, 3.63) is 23.5 Å². The molecule has 0 bridgehead atoms. The van der Waals surface area contributed by atoms with Crippen molar-refractivity contribution in [2.75, 3.05) is 11.1 Å². The molecule has 3 rings (SSSR count). The summed E-state index contributed by atoms with van der Waals surface area (Å²) in [7, 11) is 0. The number of hydrogen-bond donors (Lipinski definition) is 1. The Morgan fingerprint density at radius 2 is 2.16 bits per heavy atom. The molecule has 1 N–H and O–H groups in total. The zero-order chi connectivity index (χ0) is 17.6. The number of amides is 1. The van der Waals surface area contributed by atoms with Crippen molar-refractivity contribution in [1.82, 2.24) is 25.0 Å². The van der Waals surface area contributed by atoms with Gasteiger partial charge in [-0.15, -0.1) is 27.0 Å². The van der Waals surface area contributed by atoms with E-state index in [-0.39, 0.29) is 11.7 Å². The van der Waals surface area contributed by atoms with Crippen molar-refractivity contribution < 1.29 is 4.79 Å². The summed E-state index contributed by atoms with van der Waals surface area (Å²) in [5.74, 6) is 1.65. The van der Waals surface area contributed by atoms with Crippen molar-refractivity contribution in [2.24, 2.45) is 0 Å². The molecule has 2 heterocycles. The van der Waals surface area contributed by atoms with Crippen LogP contribution in [0.5, 0.6) is 0 Å². The Bertz CT molecular complexity index is 735. The zero-order valence-electron chi connectivity index (χ0n) is 14.3. The molecule has 25 heavy (non-hydrogen) atoms. The van der Waals surface area contributed by atoms with E-state index in [2.05, 4.69) is 36.9 Å². The topological polar surface area (TPSA) is 85.6 Å². The lowest BCUT2D eigenvalue weighted by Gasteiger charge is -2.11. The second kappa shape index (κ2) is 8.57. The van der Waals surface area contributed by atoms with Crippen LogP contribution in [0.1, 0.15) is 49.4 Å². The van der Waals surface area contributed by atoms with Crippen LogP contribution in [0.25, 0.3) is 0 Å². The van der Waals surface area contributed by atoms with Crippen LogP contribution in [-0.4, -0.2) is 36.6 Å². The minimum absolute atomic E-state index is 0.112. The molecule has 9 heteroatoms. The molecule has 0 saturated heterocycles. The maximum absolute atomic E-state index is 12.1. The van der Waals surface area contributed by atoms with E-state index in [1.807, 2.05) is 13.0 Å². The smallest absolute Gasteiger partial charge is 0.236 e. The van der Waals surface area contributed by atoms with E-state index in [9.17, 15) is 4.79 Å². The lowest BCUT2D eigenvalue weighted by molar-refractivity contribution is -0.113. The van der Waals surface area contributed by atoms with Gasteiger partial charge in [-0.25, -0.2) is 0 Å². The van der Waals surface area contributed by atoms with Gasteiger partial charge >= 0.3 is 0 Å². The van der Waals surface area contributed by atoms with Crippen molar-refractivity contribution in [3.63, 3.8) is 0 Å². The fraction of sp³-hybridized carbons (Fsp3) is 0.562. The fourth-order valence-corrected chi connectivity index (χ4v) is 4.38. The van der Waals surface area contributed by atoms with E-state index < -0.39 is 0 Å². The summed E-state index contributed by atoms with van der Waals surface area (Å²) in [4.78, 5) is 12.1. The van der Waals surface area contributed by atoms with Gasteiger partial charge < -0.3 is 4.57 Å². The maximum atomic E-state index is 12.1. The summed E-state index contributed by atoms with van der Waals surface area (Å²) in [6.07, 6.45) is 7.49. The normalized spacial score (nSPS) is 14.8. The summed E-state index contributed by atoms with van der Waals surface area (Å²) in [6.45, 7) is 6.50. The molecule has 1 amide bonds. The molecule has 0 spiro atoms. The molecule has 1 saturated carbocycles. The van der Waals surface area contributed by atoms with Crippen LogP contribution < -0.4 is 5.32 Å². The quantitative estimate of drug-likeness (QED) is 0.560. The van der Waals surface area contributed by atoms with Crippen LogP contribution in [0, 0.1) is 0 Å². The number of allylic oxidation sites excluding steroid dienone is 1. The first-order valence-electron chi connectivity index (χ1n) is 8.50. The van der Waals surface area contributed by atoms with Gasteiger partial charge in [-0.05, 0) is 19.3 Å². The van der Waals surface area contributed by atoms with Gasteiger partial charge in [-0.3, -0.25) is 10.1 Å². The molecule has 2 aromatic heterocycles. The second-order valence-corrected chi connectivity index (χ2v) is 7.92. The number of aromatic nitrogens is 5. The first-order valence-corrected chi connectivity index (χ1v) is 10.3. The van der Waals surface area contributed by atoms with Crippen molar-refractivity contribution in [1.29, 1.82) is 0 Å². The Kier molecular flexibility index (Phi) is 6.19. The van der Waals surface area contributed by atoms with Gasteiger partial charge in [0.05, 0.1) is 5.75 Å². The largest absolute Gasteiger partial charge is 0.302 e. The van der Waals surface area contributed by atoms with Crippen molar-refractivity contribution in [2.45, 2.75) is 56.6 Å². The highest BCUT2D eigenvalue weighted by Gasteiger charge is 2.24. The van der Waals surface area contributed by atoms with E-state index >= 15 is 0 Å². The summed E-state index contributed by atoms with van der Waals surface area (Å²) < 4.78 is 2.08. The minimum atomic E-state index is -0.112. The van der Waals surface area contributed by atoms with Crippen LogP contribution in [0.2, 0.25) is 0 Å². The Hall–Kier alpha value is -1.74. The molecule has 0 radical (unpaired) electrons. The van der Waals surface area contributed by atoms with E-state index in [0.717, 1.165) is 35.3 Å². The Morgan fingerprint density at radius 1 is 1.36 bits per heavy atom. The molecule has 1 aliphatic rings. The van der Waals surface area contributed by atoms with Gasteiger partial charge in [0.1, 0.15) is 10.8 Å². The summed E-state index contributed by atoms with van der Waals surface area (Å²) in [6, 6.07) is 0. The van der Waals surface area contributed by atoms with Crippen LogP contribution in [0.4, 0.5) is 5.13 Å². The number of aryl methyl sites for hydroxylation is 1. The van der Waals surface area contributed by atoms with Crippen molar-refractivity contribution >= 4 is 34.1 Å². The number of nitrogens with zero attached hydrogens (tertiary/aromatic N) is 5. The molecule has 1 fully saturated rings. The predicted molar refractivity (Wildman–Crippen MR) is 100 cm³/mol. The molecule has 0 unspecified atom stereocenters. The van der Waals surface area contributed by atoms with Gasteiger partial charge in [0, 0.05) is 12.5 Å². The molecular formula is C16H22N6OS2. The second-order valence-electron chi connectivity index (χ2n) is 5.91. The molecule has 1 aliphatic carbocycles. The van der Waals surface area contributed by atoms with Gasteiger partial charge in [0.15, 0.2) is 5.16 Å². The third kappa shape index (κ3) is 4.46. The summed E-state index contributed by atoms with van der Waals surface area (Å²) in [5, 5.41) is 21.7. The fourth-order valence-electron chi connectivity index (χ4n) is 2.93. The molecular weight excluding hydrogens is 356 g/mol. The summed E-state index contributed by atoms with van der Waals surface area (Å²) in [5.41, 5.74) is 0. The lowest BCUT2D eigenvalue weighted by atomic mass is 10.1. The third-order valence-electron chi connectivity index (χ3n) is 4.13. The molecule has 0 aromatic carbocycles. The van der Waals surface area contributed by atoms with Crippen molar-refractivity contribution in [3.8, 4) is 0 Å². The minimum Gasteiger partial charge on any atom is -0.302 e. The first kappa shape index (κ1) is 18.1. The summed E-state index contributed by atoms with van der Waals surface area (Å²) >= 11 is 2.80. The van der Waals surface area contributed by atoms with Crippen LogP contribution >= 0.6 is 23.1 Å². The first-order chi connectivity index (χ1) is 12.2. The molecule has 0 atom stereocenters.